The second-order valence-electron chi connectivity index (χ2n) is 6.55. The van der Waals surface area contributed by atoms with E-state index >= 15 is 0 Å². The average molecular weight is 406 g/mol. The Kier molecular flexibility index (Phi) is 12.9. The molecule has 5 nitrogen and oxygen atoms in total. The number of nitrogens with two attached hydrogens (primary N) is 1. The summed E-state index contributed by atoms with van der Waals surface area (Å²) < 4.78 is 5.94. The highest BCUT2D eigenvalue weighted by molar-refractivity contribution is 5.85. The number of amides is 1. The summed E-state index contributed by atoms with van der Waals surface area (Å²) in [6.07, 6.45) is 2.49. The minimum absolute atomic E-state index is 0. The first kappa shape index (κ1) is 25.1. The van der Waals surface area contributed by atoms with E-state index in [2.05, 4.69) is 41.4 Å². The van der Waals surface area contributed by atoms with Gasteiger partial charge >= 0.3 is 0 Å². The summed E-state index contributed by atoms with van der Waals surface area (Å²) in [4.78, 5) is 14.6. The number of nitrogens with zero attached hydrogens (tertiary/aromatic N) is 1. The zero-order valence-electron chi connectivity index (χ0n) is 15.7. The maximum Gasteiger partial charge on any atom is 0.237 e. The van der Waals surface area contributed by atoms with Gasteiger partial charge in [0.1, 0.15) is 0 Å². The summed E-state index contributed by atoms with van der Waals surface area (Å²) in [5.74, 6) is -0.0625. The van der Waals surface area contributed by atoms with Gasteiger partial charge in [0, 0.05) is 19.6 Å². The Balaban J connectivity index is 0.00000312. The van der Waals surface area contributed by atoms with Crippen molar-refractivity contribution in [3.63, 3.8) is 0 Å². The van der Waals surface area contributed by atoms with Crippen LogP contribution in [0.5, 0.6) is 0 Å². The summed E-state index contributed by atoms with van der Waals surface area (Å²) in [7, 11) is 0. The molecular formula is C19H33Cl2N3O2. The molecule has 3 N–H and O–H groups in total. The highest BCUT2D eigenvalue weighted by atomic mass is 35.5. The number of morpholine rings is 1. The second kappa shape index (κ2) is 13.3. The van der Waals surface area contributed by atoms with E-state index < -0.39 is 6.04 Å². The Morgan fingerprint density at radius 1 is 1.31 bits per heavy atom. The van der Waals surface area contributed by atoms with Crippen LogP contribution in [-0.4, -0.2) is 48.7 Å². The molecule has 1 heterocycles. The quantitative estimate of drug-likeness (QED) is 0.697. The first-order valence-corrected chi connectivity index (χ1v) is 9.07. The molecule has 0 bridgehead atoms. The topological polar surface area (TPSA) is 67.6 Å². The van der Waals surface area contributed by atoms with Crippen molar-refractivity contribution in [3.05, 3.63) is 35.9 Å². The number of rotatable bonds is 8. The number of hydrogen-bond acceptors (Lipinski definition) is 4. The lowest BCUT2D eigenvalue weighted by atomic mass is 10.0. The van der Waals surface area contributed by atoms with Crippen molar-refractivity contribution < 1.29 is 9.53 Å². The van der Waals surface area contributed by atoms with Gasteiger partial charge in [-0.05, 0) is 18.4 Å². The molecule has 3 atom stereocenters. The number of hydrogen-bond donors (Lipinski definition) is 2. The van der Waals surface area contributed by atoms with Crippen molar-refractivity contribution in [1.82, 2.24) is 10.2 Å². The predicted octanol–water partition coefficient (Wildman–Crippen LogP) is 2.75. The van der Waals surface area contributed by atoms with E-state index in [4.69, 9.17) is 10.5 Å². The molecule has 0 aromatic heterocycles. The third kappa shape index (κ3) is 7.80. The molecule has 7 heteroatoms. The smallest absolute Gasteiger partial charge is 0.237 e. The molecule has 0 radical (unpaired) electrons. The molecule has 1 fully saturated rings. The standard InChI is InChI=1S/C19H31N3O2.2ClH/c1-3-8-16(20)19(23)21-17(4-2)18-14-22(11-12-24-18)13-15-9-6-5-7-10-15;;/h5-7,9-10,16-18H,3-4,8,11-14,20H2,1-2H3,(H,21,23);2*1H. The van der Waals surface area contributed by atoms with Crippen LogP contribution in [0.2, 0.25) is 0 Å². The average Bonchev–Trinajstić information content (AvgIpc) is 2.60. The van der Waals surface area contributed by atoms with Crippen molar-refractivity contribution in [2.45, 2.75) is 57.8 Å². The van der Waals surface area contributed by atoms with Crippen LogP contribution in [0.3, 0.4) is 0 Å². The van der Waals surface area contributed by atoms with E-state index in [1.54, 1.807) is 0 Å². The van der Waals surface area contributed by atoms with E-state index in [0.29, 0.717) is 13.0 Å². The molecule has 150 valence electrons. The molecule has 0 aliphatic carbocycles. The van der Waals surface area contributed by atoms with Crippen molar-refractivity contribution >= 4 is 30.7 Å². The monoisotopic (exact) mass is 405 g/mol. The minimum Gasteiger partial charge on any atom is -0.373 e. The van der Waals surface area contributed by atoms with Gasteiger partial charge in [-0.3, -0.25) is 9.69 Å². The molecule has 1 aliphatic heterocycles. The van der Waals surface area contributed by atoms with Gasteiger partial charge in [0.2, 0.25) is 5.91 Å². The van der Waals surface area contributed by atoms with Crippen LogP contribution in [0.1, 0.15) is 38.7 Å². The molecule has 1 saturated heterocycles. The van der Waals surface area contributed by atoms with Crippen molar-refractivity contribution in [2.75, 3.05) is 19.7 Å². The number of carbonyl (C=O) groups excluding carboxylic acids is 1. The normalized spacial score (nSPS) is 19.6. The van der Waals surface area contributed by atoms with Crippen LogP contribution in [0.15, 0.2) is 30.3 Å². The van der Waals surface area contributed by atoms with Gasteiger partial charge in [-0.15, -0.1) is 24.8 Å². The van der Waals surface area contributed by atoms with Gasteiger partial charge < -0.3 is 15.8 Å². The predicted molar refractivity (Wildman–Crippen MR) is 111 cm³/mol. The largest absolute Gasteiger partial charge is 0.373 e. The first-order chi connectivity index (χ1) is 11.6. The Morgan fingerprint density at radius 2 is 2.00 bits per heavy atom. The molecular weight excluding hydrogens is 373 g/mol. The van der Waals surface area contributed by atoms with E-state index in [1.165, 1.54) is 5.56 Å². The Hall–Kier alpha value is -0.850. The Bertz CT molecular complexity index is 505. The molecule has 1 aromatic rings. The molecule has 2 rings (SSSR count). The lowest BCUT2D eigenvalue weighted by Gasteiger charge is -2.37. The molecule has 1 aromatic carbocycles. The van der Waals surface area contributed by atoms with E-state index in [1.807, 2.05) is 13.0 Å². The van der Waals surface area contributed by atoms with E-state index in [9.17, 15) is 4.79 Å². The third-order valence-electron chi connectivity index (χ3n) is 4.58. The third-order valence-corrected chi connectivity index (χ3v) is 4.58. The van der Waals surface area contributed by atoms with Crippen LogP contribution < -0.4 is 11.1 Å². The van der Waals surface area contributed by atoms with Crippen LogP contribution in [0, 0.1) is 0 Å². The van der Waals surface area contributed by atoms with E-state index in [-0.39, 0.29) is 42.9 Å². The summed E-state index contributed by atoms with van der Waals surface area (Å²) in [6, 6.07) is 10.1. The van der Waals surface area contributed by atoms with Gasteiger partial charge in [0.25, 0.3) is 0 Å². The number of benzene rings is 1. The molecule has 0 spiro atoms. The molecule has 1 aliphatic rings. The zero-order chi connectivity index (χ0) is 17.4. The van der Waals surface area contributed by atoms with Gasteiger partial charge in [0.05, 0.1) is 24.8 Å². The number of carbonyl (C=O) groups is 1. The molecule has 1 amide bonds. The van der Waals surface area contributed by atoms with Gasteiger partial charge in [-0.2, -0.15) is 0 Å². The minimum atomic E-state index is -0.423. The summed E-state index contributed by atoms with van der Waals surface area (Å²) in [5, 5.41) is 3.09. The Labute approximate surface area is 169 Å². The lowest BCUT2D eigenvalue weighted by molar-refractivity contribution is -0.125. The molecule has 0 saturated carbocycles. The summed E-state index contributed by atoms with van der Waals surface area (Å²) in [5.41, 5.74) is 7.23. The van der Waals surface area contributed by atoms with Gasteiger partial charge in [-0.25, -0.2) is 0 Å². The van der Waals surface area contributed by atoms with Crippen LogP contribution in [-0.2, 0) is 16.1 Å². The van der Waals surface area contributed by atoms with Crippen molar-refractivity contribution in [3.8, 4) is 0 Å². The van der Waals surface area contributed by atoms with Gasteiger partial charge in [0.15, 0.2) is 0 Å². The molecule has 3 unspecified atom stereocenters. The Morgan fingerprint density at radius 3 is 2.62 bits per heavy atom. The second-order valence-corrected chi connectivity index (χ2v) is 6.55. The highest BCUT2D eigenvalue weighted by Crippen LogP contribution is 2.14. The summed E-state index contributed by atoms with van der Waals surface area (Å²) in [6.45, 7) is 7.49. The highest BCUT2D eigenvalue weighted by Gasteiger charge is 2.29. The maximum absolute atomic E-state index is 12.2. The van der Waals surface area contributed by atoms with Crippen molar-refractivity contribution in [1.29, 1.82) is 0 Å². The van der Waals surface area contributed by atoms with Crippen LogP contribution >= 0.6 is 24.8 Å². The van der Waals surface area contributed by atoms with Gasteiger partial charge in [-0.1, -0.05) is 50.6 Å². The number of halogens is 2. The number of nitrogens with one attached hydrogen (secondary N) is 1. The first-order valence-electron chi connectivity index (χ1n) is 9.07. The fourth-order valence-corrected chi connectivity index (χ4v) is 3.15. The molecule has 26 heavy (non-hydrogen) atoms. The lowest BCUT2D eigenvalue weighted by Crippen LogP contribution is -2.55. The number of ether oxygens (including phenoxy) is 1. The van der Waals surface area contributed by atoms with Crippen molar-refractivity contribution in [2.24, 2.45) is 5.73 Å². The van der Waals surface area contributed by atoms with Crippen LogP contribution in [0.25, 0.3) is 0 Å². The summed E-state index contributed by atoms with van der Waals surface area (Å²) >= 11 is 0. The fourth-order valence-electron chi connectivity index (χ4n) is 3.15. The van der Waals surface area contributed by atoms with Crippen LogP contribution in [0.4, 0.5) is 0 Å². The van der Waals surface area contributed by atoms with E-state index in [0.717, 1.165) is 32.5 Å². The zero-order valence-corrected chi connectivity index (χ0v) is 17.4. The maximum atomic E-state index is 12.2. The SMILES string of the molecule is CCCC(N)C(=O)NC(CC)C1CN(Cc2ccccc2)CCO1.Cl.Cl. The fraction of sp³-hybridized carbons (Fsp3) is 0.632.